The molecule has 2 aromatic heterocycles. The number of nitrogens with zero attached hydrogens (tertiary/aromatic N) is 3. The molecule has 1 aliphatic rings. The summed E-state index contributed by atoms with van der Waals surface area (Å²) in [5.41, 5.74) is -0.353. The quantitative estimate of drug-likeness (QED) is 0.415. The number of nitrogens with one attached hydrogen (secondary N) is 1. The first-order valence-electron chi connectivity index (χ1n) is 10.0. The van der Waals surface area contributed by atoms with E-state index in [0.717, 1.165) is 11.3 Å². The molecule has 0 saturated heterocycles. The third-order valence-electron chi connectivity index (χ3n) is 5.37. The first-order chi connectivity index (χ1) is 15.8. The van der Waals surface area contributed by atoms with Crippen LogP contribution in [-0.2, 0) is 13.0 Å². The number of ether oxygens (including phenoxy) is 1. The predicted octanol–water partition coefficient (Wildman–Crippen LogP) is 4.42. The molecule has 4 aromatic rings. The van der Waals surface area contributed by atoms with Gasteiger partial charge in [-0.05, 0) is 42.8 Å². The molecule has 5 rings (SSSR count). The van der Waals surface area contributed by atoms with E-state index in [1.165, 1.54) is 30.5 Å². The Labute approximate surface area is 190 Å². The van der Waals surface area contributed by atoms with Crippen LogP contribution in [0.25, 0.3) is 22.2 Å². The van der Waals surface area contributed by atoms with Crippen LogP contribution in [0.2, 0.25) is 0 Å². The first-order valence-corrected chi connectivity index (χ1v) is 10.4. The number of aliphatic hydroxyl groups excluding tert-OH is 1. The van der Waals surface area contributed by atoms with Crippen LogP contribution in [0.3, 0.4) is 0 Å². The molecule has 1 amide bonds. The second-order valence-corrected chi connectivity index (χ2v) is 8.10. The van der Waals surface area contributed by atoms with Crippen molar-refractivity contribution in [3.05, 3.63) is 60.2 Å². The van der Waals surface area contributed by atoms with Gasteiger partial charge in [0.05, 0.1) is 29.9 Å². The van der Waals surface area contributed by atoms with Crippen LogP contribution >= 0.6 is 11.6 Å². The number of carbonyl (C=O) groups excluding carboxylic acids is 1. The summed E-state index contributed by atoms with van der Waals surface area (Å²) in [6, 6.07) is 8.76. The second-order valence-electron chi connectivity index (χ2n) is 7.66. The van der Waals surface area contributed by atoms with Gasteiger partial charge in [-0.15, -0.1) is 8.78 Å². The third-order valence-corrected chi connectivity index (χ3v) is 5.44. The molecule has 0 saturated carbocycles. The summed E-state index contributed by atoms with van der Waals surface area (Å²) in [6.45, 7) is 0.408. The summed E-state index contributed by atoms with van der Waals surface area (Å²) in [5, 5.41) is 16.6. The lowest BCUT2D eigenvalue weighted by Gasteiger charge is -2.20. The Morgan fingerprint density at radius 1 is 1.30 bits per heavy atom. The van der Waals surface area contributed by atoms with E-state index in [0.29, 0.717) is 47.3 Å². The molecule has 0 unspecified atom stereocenters. The summed E-state index contributed by atoms with van der Waals surface area (Å²) in [6.07, 6.45) is 3.78. The number of aliphatic hydroxyl groups is 1. The van der Waals surface area contributed by atoms with Gasteiger partial charge >= 0.3 is 5.57 Å². The Balaban J connectivity index is 1.49. The van der Waals surface area contributed by atoms with Crippen molar-refractivity contribution in [3.63, 3.8) is 0 Å². The Morgan fingerprint density at radius 3 is 2.79 bits per heavy atom. The first kappa shape index (κ1) is 21.4. The van der Waals surface area contributed by atoms with Crippen molar-refractivity contribution in [3.8, 4) is 16.9 Å². The largest absolute Gasteiger partial charge is 0.487 e. The van der Waals surface area contributed by atoms with Crippen LogP contribution in [0.5, 0.6) is 5.75 Å². The number of imidazole rings is 1. The summed E-state index contributed by atoms with van der Waals surface area (Å²) >= 11 is 4.76. The Bertz CT molecular complexity index is 1320. The normalized spacial score (nSPS) is 15.9. The maximum absolute atomic E-state index is 13.0. The number of amides is 1. The summed E-state index contributed by atoms with van der Waals surface area (Å²) in [5.74, 6) is 0.268. The minimum absolute atomic E-state index is 0.144. The predicted molar refractivity (Wildman–Crippen MR) is 115 cm³/mol. The number of fused-ring (bicyclic) bond motifs is 3. The van der Waals surface area contributed by atoms with Crippen molar-refractivity contribution in [2.45, 2.75) is 31.1 Å². The van der Waals surface area contributed by atoms with Crippen LogP contribution in [0.1, 0.15) is 22.6 Å². The molecule has 0 spiro atoms. The Kier molecular flexibility index (Phi) is 5.26. The lowest BCUT2D eigenvalue weighted by Crippen LogP contribution is -2.24. The number of halogens is 3. The molecule has 0 radical (unpaired) electrons. The number of carbonyl (C=O) groups is 1. The molecule has 33 heavy (non-hydrogen) atoms. The molecule has 170 valence electrons. The van der Waals surface area contributed by atoms with E-state index < -0.39 is 17.6 Å². The molecule has 1 atom stereocenters. The highest BCUT2D eigenvalue weighted by Crippen LogP contribution is 2.33. The maximum atomic E-state index is 13.0. The maximum Gasteiger partial charge on any atom is 0.487 e. The van der Waals surface area contributed by atoms with Crippen LogP contribution in [0.15, 0.2) is 53.4 Å². The third kappa shape index (κ3) is 4.39. The summed E-state index contributed by atoms with van der Waals surface area (Å²) in [4.78, 5) is 17.7. The zero-order valence-electron chi connectivity index (χ0n) is 17.0. The van der Waals surface area contributed by atoms with Crippen LogP contribution in [0, 0.1) is 0 Å². The molecule has 0 aliphatic carbocycles. The lowest BCUT2D eigenvalue weighted by molar-refractivity contribution is -0.0964. The van der Waals surface area contributed by atoms with Crippen molar-refractivity contribution in [1.82, 2.24) is 14.7 Å². The number of hydrogen-bond acceptors (Lipinski definition) is 6. The Morgan fingerprint density at radius 2 is 2.09 bits per heavy atom. The van der Waals surface area contributed by atoms with Gasteiger partial charge in [-0.25, -0.2) is 4.98 Å². The second kappa shape index (κ2) is 8.13. The van der Waals surface area contributed by atoms with Crippen molar-refractivity contribution < 1.29 is 27.9 Å². The van der Waals surface area contributed by atoms with Crippen LogP contribution in [-0.4, -0.2) is 37.4 Å². The number of aromatic nitrogens is 3. The van der Waals surface area contributed by atoms with Crippen molar-refractivity contribution in [2.24, 2.45) is 0 Å². The van der Waals surface area contributed by atoms with Gasteiger partial charge in [0.1, 0.15) is 17.8 Å². The number of hydrogen-bond donors (Lipinski definition) is 2. The molecule has 0 bridgehead atoms. The topological polar surface area (TPSA) is 102 Å². The van der Waals surface area contributed by atoms with Gasteiger partial charge in [-0.2, -0.15) is 0 Å². The van der Waals surface area contributed by atoms with E-state index in [4.69, 9.17) is 16.1 Å². The number of rotatable bonds is 5. The van der Waals surface area contributed by atoms with Gasteiger partial charge in [0.25, 0.3) is 5.91 Å². The number of benzene rings is 2. The highest BCUT2D eigenvalue weighted by atomic mass is 35.5. The molecular formula is C22H17ClF2N4O4. The smallest absolute Gasteiger partial charge is 0.420 e. The number of aryl methyl sites for hydroxylation is 1. The average molecular weight is 475 g/mol. The molecule has 11 heteroatoms. The average Bonchev–Trinajstić information content (AvgIpc) is 3.41. The molecule has 1 aliphatic heterocycles. The summed E-state index contributed by atoms with van der Waals surface area (Å²) < 4.78 is 36.8. The molecule has 0 fully saturated rings. The molecule has 8 nitrogen and oxygen atoms in total. The van der Waals surface area contributed by atoms with E-state index >= 15 is 0 Å². The minimum Gasteiger partial charge on any atom is -0.420 e. The lowest BCUT2D eigenvalue weighted by atomic mass is 10.0. The van der Waals surface area contributed by atoms with Gasteiger partial charge in [0.2, 0.25) is 0 Å². The van der Waals surface area contributed by atoms with E-state index in [1.807, 2.05) is 4.57 Å². The van der Waals surface area contributed by atoms with Crippen molar-refractivity contribution in [2.75, 3.05) is 5.32 Å². The van der Waals surface area contributed by atoms with Gasteiger partial charge in [0.15, 0.2) is 0 Å². The monoisotopic (exact) mass is 474 g/mol. The number of anilines is 1. The van der Waals surface area contributed by atoms with Gasteiger partial charge in [-0.3, -0.25) is 4.79 Å². The zero-order chi connectivity index (χ0) is 23.2. The Hall–Kier alpha value is -3.50. The molecular weight excluding hydrogens is 458 g/mol. The van der Waals surface area contributed by atoms with E-state index in [-0.39, 0.29) is 5.75 Å². The van der Waals surface area contributed by atoms with E-state index in [1.54, 1.807) is 18.3 Å². The molecule has 2 aromatic carbocycles. The van der Waals surface area contributed by atoms with Crippen molar-refractivity contribution in [1.29, 1.82) is 0 Å². The fourth-order valence-corrected chi connectivity index (χ4v) is 4.02. The fraction of sp³-hybridized carbons (Fsp3) is 0.227. The highest BCUT2D eigenvalue weighted by molar-refractivity contribution is 6.20. The van der Waals surface area contributed by atoms with Crippen molar-refractivity contribution >= 4 is 34.2 Å². The summed E-state index contributed by atoms with van der Waals surface area (Å²) in [7, 11) is 0. The number of alkyl halides is 3. The van der Waals surface area contributed by atoms with Crippen LogP contribution < -0.4 is 10.1 Å². The van der Waals surface area contributed by atoms with E-state index in [9.17, 15) is 18.7 Å². The fourth-order valence-electron chi connectivity index (χ4n) is 3.93. The minimum atomic E-state index is -3.82. The van der Waals surface area contributed by atoms with E-state index in [2.05, 4.69) is 20.2 Å². The van der Waals surface area contributed by atoms with Gasteiger partial charge in [-0.1, -0.05) is 5.16 Å². The molecule has 2 N–H and O–H groups in total. The highest BCUT2D eigenvalue weighted by Gasteiger charge is 2.27. The molecule has 3 heterocycles. The standard InChI is InChI=1S/C22H17ClF2N4O4/c23-22(24,25)33-16-4-1-14(2-5-16)27-21(31)12-7-17(13-9-26-32-11-13)20-18(8-12)28-19-6-3-15(30)10-29(19)20/h1-2,4-5,7-9,11,15,30H,3,6,10H2,(H,27,31)/t15-/m0/s1. The SMILES string of the molecule is O=C(Nc1ccc(OC(F)(F)Cl)cc1)c1cc(-c2cnoc2)c2c(c1)nc1n2C[C@@H](O)CC1. The van der Waals surface area contributed by atoms with Gasteiger partial charge in [0, 0.05) is 40.4 Å². The zero-order valence-corrected chi connectivity index (χ0v) is 17.7. The van der Waals surface area contributed by atoms with Gasteiger partial charge < -0.3 is 24.3 Å². The van der Waals surface area contributed by atoms with Crippen LogP contribution in [0.4, 0.5) is 14.5 Å².